The summed E-state index contributed by atoms with van der Waals surface area (Å²) in [6.45, 7) is 2.35. The van der Waals surface area contributed by atoms with Crippen LogP contribution in [0.2, 0.25) is 5.02 Å². The van der Waals surface area contributed by atoms with Crippen LogP contribution in [0.25, 0.3) is 0 Å². The number of anilines is 1. The molecule has 0 bridgehead atoms. The molecule has 0 radical (unpaired) electrons. The summed E-state index contributed by atoms with van der Waals surface area (Å²) >= 11 is 6.25. The Kier molecular flexibility index (Phi) is 3.57. The van der Waals surface area contributed by atoms with Crippen LogP contribution in [0.15, 0.2) is 42.5 Å². The van der Waals surface area contributed by atoms with Gasteiger partial charge in [-0.3, -0.25) is 0 Å². The SMILES string of the molecule is C[C@@]12CCC[C@@H]1[C@H](c1ccc(C(=O)O)cc1)Nc1ccc(Cl)cc12. The number of rotatable bonds is 2. The zero-order valence-corrected chi connectivity index (χ0v) is 14.3. The van der Waals surface area contributed by atoms with Crippen LogP contribution in [0.4, 0.5) is 5.69 Å². The number of hydrogen-bond acceptors (Lipinski definition) is 2. The van der Waals surface area contributed by atoms with Crippen LogP contribution in [-0.4, -0.2) is 11.1 Å². The molecule has 0 aromatic heterocycles. The highest BCUT2D eigenvalue weighted by Crippen LogP contribution is 2.56. The maximum Gasteiger partial charge on any atom is 0.335 e. The number of carboxylic acids is 1. The standard InChI is InChI=1S/C20H20ClNO2/c1-20-10-2-3-15(20)18(12-4-6-13(7-5-12)19(23)24)22-17-9-8-14(21)11-16(17)20/h4-9,11,15,18,22H,2-3,10H2,1H3,(H,23,24)/t15-,18+,20-/m1/s1. The number of halogens is 1. The van der Waals surface area contributed by atoms with Crippen molar-refractivity contribution in [2.45, 2.75) is 37.6 Å². The Morgan fingerprint density at radius 2 is 2.00 bits per heavy atom. The number of fused-ring (bicyclic) bond motifs is 3. The fourth-order valence-electron chi connectivity index (χ4n) is 4.59. The second kappa shape index (κ2) is 5.52. The summed E-state index contributed by atoms with van der Waals surface area (Å²) < 4.78 is 0. The summed E-state index contributed by atoms with van der Waals surface area (Å²) in [7, 11) is 0. The van der Waals surface area contributed by atoms with Gasteiger partial charge in [-0.05, 0) is 65.6 Å². The van der Waals surface area contributed by atoms with Crippen molar-refractivity contribution in [1.82, 2.24) is 0 Å². The van der Waals surface area contributed by atoms with Gasteiger partial charge in [0.25, 0.3) is 0 Å². The Balaban J connectivity index is 1.78. The summed E-state index contributed by atoms with van der Waals surface area (Å²) in [5.41, 5.74) is 4.06. The molecular weight excluding hydrogens is 322 g/mol. The maximum absolute atomic E-state index is 11.1. The molecule has 124 valence electrons. The number of carbonyl (C=O) groups is 1. The zero-order chi connectivity index (χ0) is 16.9. The summed E-state index contributed by atoms with van der Waals surface area (Å²) in [6, 6.07) is 13.6. The molecule has 1 fully saturated rings. The summed E-state index contributed by atoms with van der Waals surface area (Å²) in [5, 5.41) is 13.6. The van der Waals surface area contributed by atoms with E-state index in [2.05, 4.69) is 24.4 Å². The average Bonchev–Trinajstić information content (AvgIpc) is 2.97. The topological polar surface area (TPSA) is 49.3 Å². The third kappa shape index (κ3) is 2.30. The first kappa shape index (κ1) is 15.5. The molecule has 2 aromatic rings. The molecule has 3 atom stereocenters. The molecule has 24 heavy (non-hydrogen) atoms. The zero-order valence-electron chi connectivity index (χ0n) is 13.6. The average molecular weight is 342 g/mol. The van der Waals surface area contributed by atoms with Crippen LogP contribution in [0.3, 0.4) is 0 Å². The minimum atomic E-state index is -0.885. The minimum Gasteiger partial charge on any atom is -0.478 e. The van der Waals surface area contributed by atoms with Gasteiger partial charge in [-0.25, -0.2) is 4.79 Å². The van der Waals surface area contributed by atoms with Crippen LogP contribution in [0, 0.1) is 5.92 Å². The molecule has 1 heterocycles. The lowest BCUT2D eigenvalue weighted by Crippen LogP contribution is -2.39. The molecule has 0 spiro atoms. The first-order valence-electron chi connectivity index (χ1n) is 8.39. The van der Waals surface area contributed by atoms with E-state index < -0.39 is 5.97 Å². The maximum atomic E-state index is 11.1. The number of aromatic carboxylic acids is 1. The van der Waals surface area contributed by atoms with Gasteiger partial charge in [-0.2, -0.15) is 0 Å². The van der Waals surface area contributed by atoms with Gasteiger partial charge in [0.1, 0.15) is 0 Å². The van der Waals surface area contributed by atoms with Gasteiger partial charge in [-0.15, -0.1) is 0 Å². The molecule has 4 rings (SSSR count). The Morgan fingerprint density at radius 1 is 1.25 bits per heavy atom. The molecule has 0 saturated heterocycles. The van der Waals surface area contributed by atoms with E-state index in [9.17, 15) is 4.79 Å². The molecule has 4 heteroatoms. The first-order valence-corrected chi connectivity index (χ1v) is 8.77. The smallest absolute Gasteiger partial charge is 0.335 e. The lowest BCUT2D eigenvalue weighted by molar-refractivity contribution is 0.0697. The van der Waals surface area contributed by atoms with Gasteiger partial charge in [0.15, 0.2) is 0 Å². The van der Waals surface area contributed by atoms with Crippen molar-refractivity contribution in [3.63, 3.8) is 0 Å². The van der Waals surface area contributed by atoms with Crippen LogP contribution in [0.1, 0.15) is 53.7 Å². The van der Waals surface area contributed by atoms with Crippen LogP contribution < -0.4 is 5.32 Å². The van der Waals surface area contributed by atoms with Gasteiger partial charge in [0, 0.05) is 10.7 Å². The van der Waals surface area contributed by atoms with Crippen LogP contribution in [0.5, 0.6) is 0 Å². The quantitative estimate of drug-likeness (QED) is 0.783. The molecule has 2 aliphatic rings. The molecule has 2 N–H and O–H groups in total. The van der Waals surface area contributed by atoms with Gasteiger partial charge in [-0.1, -0.05) is 37.1 Å². The fraction of sp³-hybridized carbons (Fsp3) is 0.350. The highest BCUT2D eigenvalue weighted by atomic mass is 35.5. The van der Waals surface area contributed by atoms with Gasteiger partial charge < -0.3 is 10.4 Å². The lowest BCUT2D eigenvalue weighted by atomic mass is 9.66. The predicted octanol–water partition coefficient (Wildman–Crippen LogP) is 5.26. The highest BCUT2D eigenvalue weighted by molar-refractivity contribution is 6.30. The minimum absolute atomic E-state index is 0.113. The van der Waals surface area contributed by atoms with Crippen molar-refractivity contribution in [3.8, 4) is 0 Å². The Hall–Kier alpha value is -2.00. The Labute approximate surface area is 146 Å². The predicted molar refractivity (Wildman–Crippen MR) is 95.9 cm³/mol. The van der Waals surface area contributed by atoms with Crippen molar-refractivity contribution in [3.05, 3.63) is 64.2 Å². The van der Waals surface area contributed by atoms with E-state index in [0.29, 0.717) is 11.5 Å². The van der Waals surface area contributed by atoms with E-state index in [-0.39, 0.29) is 11.5 Å². The largest absolute Gasteiger partial charge is 0.478 e. The van der Waals surface area contributed by atoms with Crippen molar-refractivity contribution in [2.75, 3.05) is 5.32 Å². The molecule has 1 aliphatic heterocycles. The van der Waals surface area contributed by atoms with Gasteiger partial charge >= 0.3 is 5.97 Å². The molecule has 2 aromatic carbocycles. The van der Waals surface area contributed by atoms with Crippen molar-refractivity contribution < 1.29 is 9.90 Å². The molecule has 0 amide bonds. The lowest BCUT2D eigenvalue weighted by Gasteiger charge is -2.44. The van der Waals surface area contributed by atoms with E-state index in [0.717, 1.165) is 22.7 Å². The van der Waals surface area contributed by atoms with Crippen LogP contribution in [-0.2, 0) is 5.41 Å². The summed E-state index contributed by atoms with van der Waals surface area (Å²) in [5.74, 6) is -0.400. The Bertz CT molecular complexity index is 802. The molecule has 1 saturated carbocycles. The fourth-order valence-corrected chi connectivity index (χ4v) is 4.77. The van der Waals surface area contributed by atoms with Crippen molar-refractivity contribution in [1.29, 1.82) is 0 Å². The highest BCUT2D eigenvalue weighted by Gasteiger charge is 2.48. The normalized spacial score (nSPS) is 27.9. The van der Waals surface area contributed by atoms with Gasteiger partial charge in [0.05, 0.1) is 11.6 Å². The number of carboxylic acid groups (broad SMARTS) is 1. The second-order valence-electron chi connectivity index (χ2n) is 7.16. The number of hydrogen-bond donors (Lipinski definition) is 2. The number of benzene rings is 2. The third-order valence-corrected chi connectivity index (χ3v) is 6.09. The van der Waals surface area contributed by atoms with E-state index in [1.807, 2.05) is 18.2 Å². The van der Waals surface area contributed by atoms with E-state index in [1.54, 1.807) is 12.1 Å². The van der Waals surface area contributed by atoms with E-state index in [1.165, 1.54) is 18.4 Å². The molecule has 3 nitrogen and oxygen atoms in total. The van der Waals surface area contributed by atoms with E-state index >= 15 is 0 Å². The summed E-state index contributed by atoms with van der Waals surface area (Å²) in [6.07, 6.45) is 3.54. The molecule has 1 aliphatic carbocycles. The number of nitrogens with one attached hydrogen (secondary N) is 1. The third-order valence-electron chi connectivity index (χ3n) is 5.86. The van der Waals surface area contributed by atoms with Crippen molar-refractivity contribution in [2.24, 2.45) is 5.92 Å². The van der Waals surface area contributed by atoms with Crippen molar-refractivity contribution >= 4 is 23.3 Å². The molecule has 0 unspecified atom stereocenters. The van der Waals surface area contributed by atoms with E-state index in [4.69, 9.17) is 16.7 Å². The second-order valence-corrected chi connectivity index (χ2v) is 7.59. The first-order chi connectivity index (χ1) is 11.5. The molecular formula is C20H20ClNO2. The summed E-state index contributed by atoms with van der Waals surface area (Å²) in [4.78, 5) is 11.1. The Morgan fingerprint density at radius 3 is 2.71 bits per heavy atom. The van der Waals surface area contributed by atoms with Crippen LogP contribution >= 0.6 is 11.6 Å². The monoisotopic (exact) mass is 341 g/mol. The van der Waals surface area contributed by atoms with Gasteiger partial charge in [0.2, 0.25) is 0 Å².